The van der Waals surface area contributed by atoms with Crippen molar-refractivity contribution in [2.75, 3.05) is 12.8 Å². The Balaban J connectivity index is 2.37. The fourth-order valence-electron chi connectivity index (χ4n) is 1.40. The first kappa shape index (κ1) is 12.4. The van der Waals surface area contributed by atoms with Gasteiger partial charge in [0, 0.05) is 5.02 Å². The van der Waals surface area contributed by atoms with Crippen molar-refractivity contribution in [2.24, 2.45) is 0 Å². The van der Waals surface area contributed by atoms with Gasteiger partial charge in [-0.05, 0) is 24.6 Å². The molecule has 1 aromatic carbocycles. The number of hydrogen-bond acceptors (Lipinski definition) is 5. The molecule has 1 heterocycles. The molecule has 0 saturated carbocycles. The van der Waals surface area contributed by atoms with Crippen LogP contribution in [0, 0.1) is 6.92 Å². The van der Waals surface area contributed by atoms with Crippen molar-refractivity contribution in [3.8, 4) is 17.5 Å². The van der Waals surface area contributed by atoms with E-state index in [0.29, 0.717) is 10.8 Å². The molecule has 0 unspecified atom stereocenters. The van der Waals surface area contributed by atoms with Gasteiger partial charge in [0.2, 0.25) is 11.8 Å². The second-order valence-electron chi connectivity index (χ2n) is 3.61. The molecule has 0 aliphatic heterocycles. The lowest BCUT2D eigenvalue weighted by Gasteiger charge is -2.11. The molecular formula is C12H12ClN3O2. The summed E-state index contributed by atoms with van der Waals surface area (Å²) < 4.78 is 10.6. The summed E-state index contributed by atoms with van der Waals surface area (Å²) in [5.74, 6) is 1.11. The lowest BCUT2D eigenvalue weighted by Crippen LogP contribution is -2.01. The quantitative estimate of drug-likeness (QED) is 0.924. The van der Waals surface area contributed by atoms with Crippen molar-refractivity contribution in [1.29, 1.82) is 0 Å². The third-order valence-corrected chi connectivity index (χ3v) is 2.60. The molecule has 0 aliphatic rings. The van der Waals surface area contributed by atoms with E-state index in [9.17, 15) is 0 Å². The number of ether oxygens (including phenoxy) is 2. The molecule has 2 aromatic rings. The summed E-state index contributed by atoms with van der Waals surface area (Å²) in [7, 11) is 1.48. The average molecular weight is 266 g/mol. The van der Waals surface area contributed by atoms with Gasteiger partial charge in [-0.2, -0.15) is 9.97 Å². The molecule has 0 amide bonds. The number of anilines is 1. The summed E-state index contributed by atoms with van der Waals surface area (Å²) >= 11 is 5.91. The normalized spacial score (nSPS) is 10.2. The molecule has 94 valence electrons. The molecule has 0 bridgehead atoms. The van der Waals surface area contributed by atoms with Crippen LogP contribution in [0.25, 0.3) is 0 Å². The molecular weight excluding hydrogens is 254 g/mol. The zero-order chi connectivity index (χ0) is 13.1. The number of nitrogens with two attached hydrogens (primary N) is 1. The third kappa shape index (κ3) is 2.46. The van der Waals surface area contributed by atoms with E-state index < -0.39 is 0 Å². The molecule has 2 rings (SSSR count). The first-order chi connectivity index (χ1) is 8.61. The first-order valence-electron chi connectivity index (χ1n) is 5.20. The van der Waals surface area contributed by atoms with Gasteiger partial charge in [-0.15, -0.1) is 0 Å². The summed E-state index contributed by atoms with van der Waals surface area (Å²) in [6.45, 7) is 1.90. The van der Waals surface area contributed by atoms with Crippen molar-refractivity contribution in [3.05, 3.63) is 35.1 Å². The van der Waals surface area contributed by atoms with Gasteiger partial charge in [0.15, 0.2) is 5.69 Å². The van der Waals surface area contributed by atoms with Crippen molar-refractivity contribution in [2.45, 2.75) is 6.92 Å². The largest absolute Gasteiger partial charge is 0.479 e. The predicted molar refractivity (Wildman–Crippen MR) is 69.3 cm³/mol. The molecule has 0 atom stereocenters. The first-order valence-corrected chi connectivity index (χ1v) is 5.58. The lowest BCUT2D eigenvalue weighted by molar-refractivity contribution is 0.391. The highest BCUT2D eigenvalue weighted by Gasteiger charge is 2.11. The van der Waals surface area contributed by atoms with Crippen LogP contribution in [-0.2, 0) is 0 Å². The maximum absolute atomic E-state index is 5.91. The van der Waals surface area contributed by atoms with E-state index in [1.165, 1.54) is 13.4 Å². The molecule has 0 radical (unpaired) electrons. The minimum Gasteiger partial charge on any atom is -0.479 e. The van der Waals surface area contributed by atoms with Crippen LogP contribution in [0.2, 0.25) is 5.02 Å². The van der Waals surface area contributed by atoms with Crippen LogP contribution >= 0.6 is 11.6 Å². The summed E-state index contributed by atoms with van der Waals surface area (Å²) in [4.78, 5) is 7.85. The van der Waals surface area contributed by atoms with Gasteiger partial charge in [0.1, 0.15) is 12.1 Å². The molecule has 5 nitrogen and oxygen atoms in total. The van der Waals surface area contributed by atoms with Crippen LogP contribution in [0.5, 0.6) is 17.5 Å². The number of aromatic nitrogens is 2. The number of nitrogens with zero attached hydrogens (tertiary/aromatic N) is 2. The van der Waals surface area contributed by atoms with Crippen LogP contribution < -0.4 is 15.2 Å². The Bertz CT molecular complexity index is 575. The fourth-order valence-corrected chi connectivity index (χ4v) is 1.56. The number of halogens is 1. The monoisotopic (exact) mass is 265 g/mol. The van der Waals surface area contributed by atoms with Gasteiger partial charge < -0.3 is 15.2 Å². The number of nitrogen functional groups attached to an aromatic ring is 1. The molecule has 6 heteroatoms. The van der Waals surface area contributed by atoms with E-state index in [1.807, 2.05) is 13.0 Å². The van der Waals surface area contributed by atoms with E-state index in [0.717, 1.165) is 5.56 Å². The zero-order valence-corrected chi connectivity index (χ0v) is 10.7. The second kappa shape index (κ2) is 5.10. The van der Waals surface area contributed by atoms with Crippen molar-refractivity contribution < 1.29 is 9.47 Å². The van der Waals surface area contributed by atoms with Crippen molar-refractivity contribution >= 4 is 17.3 Å². The maximum atomic E-state index is 5.91. The number of rotatable bonds is 3. The maximum Gasteiger partial charge on any atom is 0.249 e. The SMILES string of the molecule is COc1ncnc(Oc2cc(Cl)ccc2C)c1N. The zero-order valence-electron chi connectivity index (χ0n) is 9.98. The minimum absolute atomic E-state index is 0.243. The lowest BCUT2D eigenvalue weighted by atomic mass is 10.2. The summed E-state index contributed by atoms with van der Waals surface area (Å²) in [5, 5.41) is 0.579. The third-order valence-electron chi connectivity index (χ3n) is 2.36. The van der Waals surface area contributed by atoms with Gasteiger partial charge in [-0.3, -0.25) is 0 Å². The van der Waals surface area contributed by atoms with Crippen LogP contribution in [0.15, 0.2) is 24.5 Å². The Labute approximate surface area is 110 Å². The standard InChI is InChI=1S/C12H12ClN3O2/c1-7-3-4-8(13)5-9(7)18-12-10(14)11(17-2)15-6-16-12/h3-6H,14H2,1-2H3. The van der Waals surface area contributed by atoms with Gasteiger partial charge in [-0.25, -0.2) is 0 Å². The minimum atomic E-state index is 0.243. The number of methoxy groups -OCH3 is 1. The topological polar surface area (TPSA) is 70.3 Å². The molecule has 18 heavy (non-hydrogen) atoms. The molecule has 0 fully saturated rings. The molecule has 1 aromatic heterocycles. The molecule has 0 spiro atoms. The highest BCUT2D eigenvalue weighted by atomic mass is 35.5. The Kier molecular flexibility index (Phi) is 3.53. The Morgan fingerprint density at radius 2 is 1.94 bits per heavy atom. The van der Waals surface area contributed by atoms with Gasteiger partial charge in [0.25, 0.3) is 0 Å². The Morgan fingerprint density at radius 3 is 2.67 bits per heavy atom. The summed E-state index contributed by atoms with van der Waals surface area (Å²) in [6, 6.07) is 5.34. The van der Waals surface area contributed by atoms with Crippen molar-refractivity contribution in [1.82, 2.24) is 9.97 Å². The highest BCUT2D eigenvalue weighted by Crippen LogP contribution is 2.32. The molecule has 0 aliphatic carbocycles. The van der Waals surface area contributed by atoms with Crippen LogP contribution in [0.3, 0.4) is 0 Å². The van der Waals surface area contributed by atoms with E-state index in [2.05, 4.69) is 9.97 Å². The van der Waals surface area contributed by atoms with E-state index in [-0.39, 0.29) is 17.4 Å². The van der Waals surface area contributed by atoms with Crippen LogP contribution in [-0.4, -0.2) is 17.1 Å². The van der Waals surface area contributed by atoms with Gasteiger partial charge in [-0.1, -0.05) is 17.7 Å². The predicted octanol–water partition coefficient (Wildman–Crippen LogP) is 2.82. The van der Waals surface area contributed by atoms with Crippen LogP contribution in [0.1, 0.15) is 5.56 Å². The van der Waals surface area contributed by atoms with E-state index >= 15 is 0 Å². The second-order valence-corrected chi connectivity index (χ2v) is 4.05. The number of benzene rings is 1. The molecule has 2 N–H and O–H groups in total. The summed E-state index contributed by atoms with van der Waals surface area (Å²) in [6.07, 6.45) is 1.32. The smallest absolute Gasteiger partial charge is 0.249 e. The number of aryl methyl sites for hydroxylation is 1. The van der Waals surface area contributed by atoms with Gasteiger partial charge in [0.05, 0.1) is 7.11 Å². The highest BCUT2D eigenvalue weighted by molar-refractivity contribution is 6.30. The Morgan fingerprint density at radius 1 is 1.22 bits per heavy atom. The average Bonchev–Trinajstić information content (AvgIpc) is 2.36. The number of hydrogen-bond donors (Lipinski definition) is 1. The Hall–Kier alpha value is -2.01. The van der Waals surface area contributed by atoms with Gasteiger partial charge >= 0.3 is 0 Å². The van der Waals surface area contributed by atoms with Crippen LogP contribution in [0.4, 0.5) is 5.69 Å². The fraction of sp³-hybridized carbons (Fsp3) is 0.167. The van der Waals surface area contributed by atoms with E-state index in [1.54, 1.807) is 12.1 Å². The summed E-state index contributed by atoms with van der Waals surface area (Å²) in [5.41, 5.74) is 7.00. The van der Waals surface area contributed by atoms with Crippen molar-refractivity contribution in [3.63, 3.8) is 0 Å². The molecule has 0 saturated heterocycles. The van der Waals surface area contributed by atoms with E-state index in [4.69, 9.17) is 26.8 Å².